The first-order valence-electron chi connectivity index (χ1n) is 9.63. The van der Waals surface area contributed by atoms with E-state index >= 15 is 0 Å². The summed E-state index contributed by atoms with van der Waals surface area (Å²) in [7, 11) is 0. The van der Waals surface area contributed by atoms with Crippen molar-refractivity contribution in [3.63, 3.8) is 0 Å². The molecule has 2 aliphatic rings. The van der Waals surface area contributed by atoms with Gasteiger partial charge < -0.3 is 10.2 Å². The molecule has 0 aliphatic carbocycles. The van der Waals surface area contributed by atoms with Crippen LogP contribution in [0.5, 0.6) is 0 Å². The van der Waals surface area contributed by atoms with E-state index in [1.165, 1.54) is 17.8 Å². The van der Waals surface area contributed by atoms with Crippen molar-refractivity contribution in [2.45, 2.75) is 31.6 Å². The van der Waals surface area contributed by atoms with Gasteiger partial charge in [-0.25, -0.2) is 9.97 Å². The molecule has 0 atom stereocenters. The van der Waals surface area contributed by atoms with Gasteiger partial charge in [-0.3, -0.25) is 9.59 Å². The van der Waals surface area contributed by atoms with Crippen molar-refractivity contribution in [2.24, 2.45) is 0 Å². The van der Waals surface area contributed by atoms with Crippen molar-refractivity contribution in [1.82, 2.24) is 14.9 Å². The summed E-state index contributed by atoms with van der Waals surface area (Å²) in [5, 5.41) is 4.16. The number of halogens is 2. The third kappa shape index (κ3) is 4.62. The van der Waals surface area contributed by atoms with Crippen LogP contribution in [-0.2, 0) is 16.0 Å². The highest BCUT2D eigenvalue weighted by atomic mass is 32.1. The standard InChI is InChI=1S/C21H20F2N4O2S/c22-21(23)6-3-16-9-15(11-24-19(16)26-20(21)29)1-2-18(28)27-7-4-14(5-8-27)10-17-12-30-13-25-17/h1-2,9-13H,3-8H2,(H,24,26,29)/b2-1+. The van der Waals surface area contributed by atoms with E-state index in [-0.39, 0.29) is 18.1 Å². The summed E-state index contributed by atoms with van der Waals surface area (Å²) in [5.41, 5.74) is 5.20. The van der Waals surface area contributed by atoms with Gasteiger partial charge in [0, 0.05) is 37.2 Å². The molecule has 4 rings (SSSR count). The minimum atomic E-state index is -3.41. The first-order valence-corrected chi connectivity index (χ1v) is 10.6. The van der Waals surface area contributed by atoms with Crippen molar-refractivity contribution in [3.8, 4) is 0 Å². The fraction of sp³-hybridized carbons (Fsp3) is 0.333. The van der Waals surface area contributed by atoms with E-state index in [9.17, 15) is 18.4 Å². The number of rotatable bonds is 3. The molecule has 2 aromatic heterocycles. The smallest absolute Gasteiger partial charge is 0.325 e. The van der Waals surface area contributed by atoms with Gasteiger partial charge in [-0.1, -0.05) is 5.57 Å². The Bertz CT molecular complexity index is 1010. The molecule has 6 nitrogen and oxygen atoms in total. The number of pyridine rings is 1. The van der Waals surface area contributed by atoms with Crippen LogP contribution in [-0.4, -0.2) is 45.7 Å². The molecule has 1 fully saturated rings. The number of hydrogen-bond donors (Lipinski definition) is 1. The number of anilines is 1. The molecule has 0 spiro atoms. The number of amides is 2. The van der Waals surface area contributed by atoms with Gasteiger partial charge in [0.1, 0.15) is 5.82 Å². The number of nitrogens with one attached hydrogen (secondary N) is 1. The van der Waals surface area contributed by atoms with Crippen LogP contribution in [0.4, 0.5) is 14.6 Å². The second-order valence-electron chi connectivity index (χ2n) is 7.31. The topological polar surface area (TPSA) is 75.2 Å². The van der Waals surface area contributed by atoms with Gasteiger partial charge in [-0.05, 0) is 48.6 Å². The summed E-state index contributed by atoms with van der Waals surface area (Å²) >= 11 is 1.56. The molecular formula is C21H20F2N4O2S. The zero-order valence-corrected chi connectivity index (χ0v) is 16.9. The Morgan fingerprint density at radius 1 is 1.23 bits per heavy atom. The Morgan fingerprint density at radius 2 is 2.03 bits per heavy atom. The molecule has 2 aliphatic heterocycles. The minimum Gasteiger partial charge on any atom is -0.339 e. The summed E-state index contributed by atoms with van der Waals surface area (Å²) < 4.78 is 27.2. The molecule has 30 heavy (non-hydrogen) atoms. The van der Waals surface area contributed by atoms with Gasteiger partial charge in [0.15, 0.2) is 0 Å². The van der Waals surface area contributed by atoms with Crippen LogP contribution in [0, 0.1) is 0 Å². The van der Waals surface area contributed by atoms with Gasteiger partial charge in [0.2, 0.25) is 5.91 Å². The normalized spacial score (nSPS) is 18.7. The lowest BCUT2D eigenvalue weighted by atomic mass is 10.0. The van der Waals surface area contributed by atoms with Crippen molar-refractivity contribution in [1.29, 1.82) is 0 Å². The average molecular weight is 430 g/mol. The predicted molar refractivity (Wildman–Crippen MR) is 111 cm³/mol. The highest BCUT2D eigenvalue weighted by Crippen LogP contribution is 2.29. The molecule has 0 unspecified atom stereocenters. The molecule has 2 amide bonds. The molecule has 2 aromatic rings. The minimum absolute atomic E-state index is 0.0317. The van der Waals surface area contributed by atoms with Crippen molar-refractivity contribution >= 4 is 41.1 Å². The molecule has 9 heteroatoms. The van der Waals surface area contributed by atoms with Crippen LogP contribution in [0.2, 0.25) is 0 Å². The number of carbonyl (C=O) groups excluding carboxylic acids is 2. The lowest BCUT2D eigenvalue weighted by molar-refractivity contribution is -0.140. The maximum absolute atomic E-state index is 13.6. The van der Waals surface area contributed by atoms with E-state index in [0.29, 0.717) is 24.2 Å². The number of fused-ring (bicyclic) bond motifs is 1. The number of carbonyl (C=O) groups is 2. The quantitative estimate of drug-likeness (QED) is 0.752. The zero-order valence-electron chi connectivity index (χ0n) is 16.1. The molecule has 0 aromatic carbocycles. The van der Waals surface area contributed by atoms with Gasteiger partial charge >= 0.3 is 5.92 Å². The number of alkyl halides is 2. The van der Waals surface area contributed by atoms with Gasteiger partial charge in [0.25, 0.3) is 5.91 Å². The fourth-order valence-corrected chi connectivity index (χ4v) is 3.97. The Balaban J connectivity index is 1.37. The van der Waals surface area contributed by atoms with Crippen LogP contribution < -0.4 is 5.32 Å². The van der Waals surface area contributed by atoms with E-state index in [0.717, 1.165) is 18.5 Å². The van der Waals surface area contributed by atoms with Crippen LogP contribution in [0.25, 0.3) is 12.2 Å². The van der Waals surface area contributed by atoms with Gasteiger partial charge in [-0.15, -0.1) is 11.3 Å². The van der Waals surface area contributed by atoms with Gasteiger partial charge in [0.05, 0.1) is 11.2 Å². The van der Waals surface area contributed by atoms with Crippen LogP contribution >= 0.6 is 11.3 Å². The monoisotopic (exact) mass is 430 g/mol. The van der Waals surface area contributed by atoms with Crippen molar-refractivity contribution in [3.05, 3.63) is 51.6 Å². The SMILES string of the molecule is O=C(/C=C/c1cnc2c(c1)CCC(F)(F)C(=O)N2)N1CCC(=Cc2cscn2)CC1. The third-order valence-corrected chi connectivity index (χ3v) is 5.80. The first kappa shape index (κ1) is 20.3. The summed E-state index contributed by atoms with van der Waals surface area (Å²) in [4.78, 5) is 34.1. The number of hydrogen-bond acceptors (Lipinski definition) is 5. The Kier molecular flexibility index (Phi) is 5.72. The number of piperidine rings is 1. The van der Waals surface area contributed by atoms with E-state index in [4.69, 9.17) is 0 Å². The van der Waals surface area contributed by atoms with Crippen LogP contribution in [0.3, 0.4) is 0 Å². The molecule has 1 N–H and O–H groups in total. The van der Waals surface area contributed by atoms with Crippen molar-refractivity contribution < 1.29 is 18.4 Å². The Morgan fingerprint density at radius 3 is 2.77 bits per heavy atom. The number of nitrogens with zero attached hydrogens (tertiary/aromatic N) is 3. The molecule has 0 saturated carbocycles. The lowest BCUT2D eigenvalue weighted by Crippen LogP contribution is -2.35. The largest absolute Gasteiger partial charge is 0.339 e. The lowest BCUT2D eigenvalue weighted by Gasteiger charge is -2.27. The number of aryl methyl sites for hydroxylation is 1. The summed E-state index contributed by atoms with van der Waals surface area (Å²) in [6.45, 7) is 1.28. The second kappa shape index (κ2) is 8.43. The first-order chi connectivity index (χ1) is 14.4. The number of likely N-dealkylation sites (tertiary alicyclic amines) is 1. The fourth-order valence-electron chi connectivity index (χ4n) is 3.46. The summed E-state index contributed by atoms with van der Waals surface area (Å²) in [5.74, 6) is -4.69. The molecule has 4 heterocycles. The highest BCUT2D eigenvalue weighted by Gasteiger charge is 2.40. The second-order valence-corrected chi connectivity index (χ2v) is 8.03. The maximum atomic E-state index is 13.6. The summed E-state index contributed by atoms with van der Waals surface area (Å²) in [6.07, 6.45) is 7.73. The van der Waals surface area contributed by atoms with Gasteiger partial charge in [-0.2, -0.15) is 8.78 Å². The van der Waals surface area contributed by atoms with Crippen LogP contribution in [0.15, 0.2) is 34.8 Å². The average Bonchev–Trinajstić information content (AvgIpc) is 3.21. The summed E-state index contributed by atoms with van der Waals surface area (Å²) in [6, 6.07) is 1.68. The molecule has 0 bridgehead atoms. The van der Waals surface area contributed by atoms with E-state index in [1.54, 1.807) is 33.9 Å². The number of aromatic nitrogens is 2. The van der Waals surface area contributed by atoms with E-state index < -0.39 is 18.3 Å². The van der Waals surface area contributed by atoms with Crippen molar-refractivity contribution in [2.75, 3.05) is 18.4 Å². The highest BCUT2D eigenvalue weighted by molar-refractivity contribution is 7.07. The Labute approximate surface area is 176 Å². The Hall–Kier alpha value is -2.94. The molecule has 156 valence electrons. The maximum Gasteiger partial charge on any atom is 0.325 e. The number of thiazole rings is 1. The molecule has 1 saturated heterocycles. The third-order valence-electron chi connectivity index (χ3n) is 5.20. The van der Waals surface area contributed by atoms with E-state index in [2.05, 4.69) is 21.4 Å². The van der Waals surface area contributed by atoms with Crippen LogP contribution in [0.1, 0.15) is 36.1 Å². The molecule has 0 radical (unpaired) electrons. The van der Waals surface area contributed by atoms with E-state index in [1.807, 2.05) is 5.38 Å². The predicted octanol–water partition coefficient (Wildman–Crippen LogP) is 3.78. The zero-order chi connectivity index (χ0) is 21.1. The molecular weight excluding hydrogens is 410 g/mol.